The summed E-state index contributed by atoms with van der Waals surface area (Å²) >= 11 is 0. The van der Waals surface area contributed by atoms with E-state index in [2.05, 4.69) is 43.8 Å². The van der Waals surface area contributed by atoms with E-state index in [-0.39, 0.29) is 6.04 Å². The van der Waals surface area contributed by atoms with Gasteiger partial charge in [0.1, 0.15) is 5.82 Å². The fourth-order valence-corrected chi connectivity index (χ4v) is 3.09. The first-order valence-electron chi connectivity index (χ1n) is 8.48. The molecule has 0 radical (unpaired) electrons. The predicted octanol–water partition coefficient (Wildman–Crippen LogP) is 2.91. The normalized spacial score (nSPS) is 12.2. The van der Waals surface area contributed by atoms with Crippen molar-refractivity contribution in [3.8, 4) is 16.9 Å². The average molecular weight is 344 g/mol. The number of nitrogens with zero attached hydrogens (tertiary/aromatic N) is 5. The highest BCUT2D eigenvalue weighted by molar-refractivity contribution is 5.61. The zero-order chi connectivity index (χ0) is 17.9. The Morgan fingerprint density at radius 2 is 1.88 bits per heavy atom. The number of imidazole rings is 2. The number of hydrogen-bond acceptors (Lipinski definition) is 4. The molecule has 3 heterocycles. The maximum atomic E-state index is 6.37. The SMILES string of the molecule is Cn1c(-c2ccc(-n3ccnc3)cc2)cnc1[C@@H](N)Cc1ccccn1. The van der Waals surface area contributed by atoms with E-state index in [1.165, 1.54) is 0 Å². The van der Waals surface area contributed by atoms with Gasteiger partial charge in [0.25, 0.3) is 0 Å². The van der Waals surface area contributed by atoms with Crippen LogP contribution < -0.4 is 5.73 Å². The highest BCUT2D eigenvalue weighted by Crippen LogP contribution is 2.24. The Morgan fingerprint density at radius 3 is 2.58 bits per heavy atom. The number of aromatic nitrogens is 5. The van der Waals surface area contributed by atoms with Crippen molar-refractivity contribution in [2.45, 2.75) is 12.5 Å². The lowest BCUT2D eigenvalue weighted by atomic mass is 10.1. The molecule has 0 aliphatic heterocycles. The Balaban J connectivity index is 1.57. The van der Waals surface area contributed by atoms with Crippen molar-refractivity contribution in [1.29, 1.82) is 0 Å². The maximum Gasteiger partial charge on any atom is 0.126 e. The standard InChI is InChI=1S/C20H20N6/c1-25-19(15-5-7-17(8-6-15)26-11-10-22-14-26)13-24-20(25)18(21)12-16-4-2-3-9-23-16/h2-11,13-14,18H,12,21H2,1H3/t18-/m0/s1. The summed E-state index contributed by atoms with van der Waals surface area (Å²) in [6.07, 6.45) is 9.80. The third kappa shape index (κ3) is 3.14. The number of nitrogens with two attached hydrogens (primary N) is 1. The molecule has 0 amide bonds. The molecule has 1 atom stereocenters. The van der Waals surface area contributed by atoms with Crippen LogP contribution in [0.15, 0.2) is 73.6 Å². The van der Waals surface area contributed by atoms with Gasteiger partial charge in [0, 0.05) is 43.4 Å². The summed E-state index contributed by atoms with van der Waals surface area (Å²) in [6.45, 7) is 0. The van der Waals surface area contributed by atoms with Crippen LogP contribution in [0.2, 0.25) is 0 Å². The lowest BCUT2D eigenvalue weighted by Crippen LogP contribution is -2.18. The summed E-state index contributed by atoms with van der Waals surface area (Å²) in [7, 11) is 2.00. The molecule has 130 valence electrons. The van der Waals surface area contributed by atoms with Crippen LogP contribution in [-0.4, -0.2) is 24.1 Å². The molecule has 6 nitrogen and oxygen atoms in total. The van der Waals surface area contributed by atoms with Crippen LogP contribution in [0.5, 0.6) is 0 Å². The molecule has 0 aliphatic rings. The van der Waals surface area contributed by atoms with E-state index in [9.17, 15) is 0 Å². The molecule has 4 aromatic rings. The van der Waals surface area contributed by atoms with Crippen LogP contribution in [0.1, 0.15) is 17.6 Å². The van der Waals surface area contributed by atoms with Crippen LogP contribution in [-0.2, 0) is 13.5 Å². The molecule has 6 heteroatoms. The van der Waals surface area contributed by atoms with E-state index in [0.717, 1.165) is 28.5 Å². The minimum Gasteiger partial charge on any atom is -0.330 e. The topological polar surface area (TPSA) is 74.5 Å². The highest BCUT2D eigenvalue weighted by atomic mass is 15.1. The minimum absolute atomic E-state index is 0.200. The molecule has 2 N–H and O–H groups in total. The van der Waals surface area contributed by atoms with Gasteiger partial charge in [0.05, 0.1) is 24.3 Å². The summed E-state index contributed by atoms with van der Waals surface area (Å²) < 4.78 is 4.03. The Bertz CT molecular complexity index is 971. The first-order valence-corrected chi connectivity index (χ1v) is 8.48. The van der Waals surface area contributed by atoms with Gasteiger partial charge in [-0.05, 0) is 29.8 Å². The van der Waals surface area contributed by atoms with Crippen molar-refractivity contribution in [3.05, 3.63) is 85.1 Å². The predicted molar refractivity (Wildman–Crippen MR) is 101 cm³/mol. The van der Waals surface area contributed by atoms with Gasteiger partial charge in [-0.15, -0.1) is 0 Å². The van der Waals surface area contributed by atoms with Crippen molar-refractivity contribution in [3.63, 3.8) is 0 Å². The third-order valence-electron chi connectivity index (χ3n) is 4.48. The van der Waals surface area contributed by atoms with Crippen molar-refractivity contribution in [2.75, 3.05) is 0 Å². The monoisotopic (exact) mass is 344 g/mol. The highest BCUT2D eigenvalue weighted by Gasteiger charge is 2.16. The van der Waals surface area contributed by atoms with Gasteiger partial charge >= 0.3 is 0 Å². The van der Waals surface area contributed by atoms with Gasteiger partial charge in [-0.25, -0.2) is 9.97 Å². The van der Waals surface area contributed by atoms with Crippen LogP contribution in [0.25, 0.3) is 16.9 Å². The van der Waals surface area contributed by atoms with Crippen LogP contribution in [0.4, 0.5) is 0 Å². The molecule has 4 rings (SSSR count). The molecule has 26 heavy (non-hydrogen) atoms. The summed E-state index contributed by atoms with van der Waals surface area (Å²) in [5.74, 6) is 0.851. The zero-order valence-corrected chi connectivity index (χ0v) is 14.5. The van der Waals surface area contributed by atoms with Gasteiger partial charge in [-0.2, -0.15) is 0 Å². The molecule has 0 fully saturated rings. The van der Waals surface area contributed by atoms with Crippen molar-refractivity contribution < 1.29 is 0 Å². The molecular weight excluding hydrogens is 324 g/mol. The van der Waals surface area contributed by atoms with E-state index >= 15 is 0 Å². The third-order valence-corrected chi connectivity index (χ3v) is 4.48. The van der Waals surface area contributed by atoms with E-state index in [0.29, 0.717) is 6.42 Å². The maximum absolute atomic E-state index is 6.37. The van der Waals surface area contributed by atoms with E-state index in [4.69, 9.17) is 5.73 Å². The molecule has 0 saturated carbocycles. The second-order valence-corrected chi connectivity index (χ2v) is 6.21. The van der Waals surface area contributed by atoms with Crippen LogP contribution in [0, 0.1) is 0 Å². The molecular formula is C20H20N6. The number of benzene rings is 1. The van der Waals surface area contributed by atoms with Crippen LogP contribution >= 0.6 is 0 Å². The molecule has 0 bridgehead atoms. The molecule has 1 aromatic carbocycles. The quantitative estimate of drug-likeness (QED) is 0.604. The molecule has 0 aliphatic carbocycles. The minimum atomic E-state index is -0.200. The smallest absolute Gasteiger partial charge is 0.126 e. The van der Waals surface area contributed by atoms with Gasteiger partial charge < -0.3 is 14.9 Å². The van der Waals surface area contributed by atoms with Gasteiger partial charge in [0.15, 0.2) is 0 Å². The first kappa shape index (κ1) is 16.2. The molecule has 0 unspecified atom stereocenters. The summed E-state index contributed by atoms with van der Waals surface area (Å²) in [6, 6.07) is 14.0. The van der Waals surface area contributed by atoms with Crippen molar-refractivity contribution in [2.24, 2.45) is 12.8 Å². The number of rotatable bonds is 5. The Kier molecular flexibility index (Phi) is 4.33. The van der Waals surface area contributed by atoms with E-state index in [1.54, 1.807) is 18.7 Å². The second-order valence-electron chi connectivity index (χ2n) is 6.21. The first-order chi connectivity index (χ1) is 12.7. The van der Waals surface area contributed by atoms with Gasteiger partial charge in [0.2, 0.25) is 0 Å². The molecule has 0 spiro atoms. The lowest BCUT2D eigenvalue weighted by Gasteiger charge is -2.13. The fraction of sp³-hybridized carbons (Fsp3) is 0.150. The molecule has 0 saturated heterocycles. The summed E-state index contributed by atoms with van der Waals surface area (Å²) in [4.78, 5) is 13.0. The van der Waals surface area contributed by atoms with E-state index < -0.39 is 0 Å². The summed E-state index contributed by atoms with van der Waals surface area (Å²) in [5.41, 5.74) is 10.5. The van der Waals surface area contributed by atoms with Crippen molar-refractivity contribution >= 4 is 0 Å². The second kappa shape index (κ2) is 6.93. The largest absolute Gasteiger partial charge is 0.330 e. The van der Waals surface area contributed by atoms with Crippen molar-refractivity contribution in [1.82, 2.24) is 24.1 Å². The average Bonchev–Trinajstić information content (AvgIpc) is 3.33. The molecule has 3 aromatic heterocycles. The lowest BCUT2D eigenvalue weighted by molar-refractivity contribution is 0.626. The summed E-state index contributed by atoms with van der Waals surface area (Å²) in [5, 5.41) is 0. The van der Waals surface area contributed by atoms with Crippen LogP contribution in [0.3, 0.4) is 0 Å². The van der Waals surface area contributed by atoms with E-state index in [1.807, 2.05) is 42.2 Å². The Morgan fingerprint density at radius 1 is 1.04 bits per heavy atom. The number of pyridine rings is 1. The van der Waals surface area contributed by atoms with Gasteiger partial charge in [-0.1, -0.05) is 18.2 Å². The Hall–Kier alpha value is -3.25. The fourth-order valence-electron chi connectivity index (χ4n) is 3.09. The Labute approximate surface area is 152 Å². The number of hydrogen-bond donors (Lipinski definition) is 1. The van der Waals surface area contributed by atoms with Gasteiger partial charge in [-0.3, -0.25) is 4.98 Å². The zero-order valence-electron chi connectivity index (χ0n) is 14.5.